The zero-order chi connectivity index (χ0) is 21.7. The Bertz CT molecular complexity index is 848. The summed E-state index contributed by atoms with van der Waals surface area (Å²) in [6, 6.07) is 0. The SMILES string of the molecule is CN=C(/C=C(\N)COC)C(=O)Nc1ncc([C@@H]2CC(OC(=O)NC3(C)CC3)CO2)s1. The number of alkyl carbamates (subject to hydrolysis) is 1. The third-order valence-electron chi connectivity index (χ3n) is 4.81. The lowest BCUT2D eigenvalue weighted by atomic mass is 10.2. The summed E-state index contributed by atoms with van der Waals surface area (Å²) >= 11 is 1.30. The van der Waals surface area contributed by atoms with Crippen LogP contribution in [0.25, 0.3) is 0 Å². The normalized spacial score (nSPS) is 23.2. The van der Waals surface area contributed by atoms with Crippen LogP contribution in [0.1, 0.15) is 37.2 Å². The molecule has 11 heteroatoms. The predicted molar refractivity (Wildman–Crippen MR) is 113 cm³/mol. The van der Waals surface area contributed by atoms with Crippen LogP contribution in [-0.4, -0.2) is 61.7 Å². The van der Waals surface area contributed by atoms with Gasteiger partial charge in [0.05, 0.1) is 24.2 Å². The molecule has 2 aliphatic rings. The highest BCUT2D eigenvalue weighted by Crippen LogP contribution is 2.36. The molecule has 3 rings (SSSR count). The van der Waals surface area contributed by atoms with Gasteiger partial charge in [0.25, 0.3) is 5.91 Å². The van der Waals surface area contributed by atoms with Crippen molar-refractivity contribution in [3.8, 4) is 0 Å². The minimum atomic E-state index is -0.420. The number of hydrogen-bond acceptors (Lipinski definition) is 9. The highest BCUT2D eigenvalue weighted by Gasteiger charge is 2.40. The van der Waals surface area contributed by atoms with Crippen molar-refractivity contribution in [1.82, 2.24) is 10.3 Å². The Labute approximate surface area is 178 Å². The second-order valence-electron chi connectivity index (χ2n) is 7.55. The Hall–Kier alpha value is -2.50. The van der Waals surface area contributed by atoms with Gasteiger partial charge in [-0.1, -0.05) is 11.3 Å². The molecule has 0 radical (unpaired) electrons. The number of ether oxygens (including phenoxy) is 3. The number of carbonyl (C=O) groups excluding carboxylic acids is 2. The van der Waals surface area contributed by atoms with Crippen LogP contribution in [0.4, 0.5) is 9.93 Å². The number of aliphatic imine (C=N–C) groups is 1. The van der Waals surface area contributed by atoms with E-state index < -0.39 is 12.0 Å². The molecule has 30 heavy (non-hydrogen) atoms. The second-order valence-corrected chi connectivity index (χ2v) is 8.62. The highest BCUT2D eigenvalue weighted by atomic mass is 32.1. The minimum Gasteiger partial charge on any atom is -0.444 e. The third kappa shape index (κ3) is 6.00. The van der Waals surface area contributed by atoms with Gasteiger partial charge < -0.3 is 25.3 Å². The molecule has 1 saturated carbocycles. The van der Waals surface area contributed by atoms with Crippen molar-refractivity contribution >= 4 is 34.2 Å². The van der Waals surface area contributed by atoms with E-state index >= 15 is 0 Å². The molecule has 2 amide bonds. The second kappa shape index (κ2) is 9.54. The first-order chi connectivity index (χ1) is 14.3. The molecule has 1 aliphatic heterocycles. The van der Waals surface area contributed by atoms with Crippen LogP contribution >= 0.6 is 11.3 Å². The van der Waals surface area contributed by atoms with E-state index in [1.165, 1.54) is 31.6 Å². The largest absolute Gasteiger partial charge is 0.444 e. The van der Waals surface area contributed by atoms with E-state index in [1.54, 1.807) is 6.20 Å². The van der Waals surface area contributed by atoms with Crippen molar-refractivity contribution in [2.45, 2.75) is 43.9 Å². The Kier molecular flexibility index (Phi) is 7.06. The van der Waals surface area contributed by atoms with Crippen LogP contribution in [0.5, 0.6) is 0 Å². The number of aromatic nitrogens is 1. The van der Waals surface area contributed by atoms with Crippen molar-refractivity contribution in [2.24, 2.45) is 10.7 Å². The molecule has 2 atom stereocenters. The summed E-state index contributed by atoms with van der Waals surface area (Å²) < 4.78 is 16.1. The molecular formula is C19H27N5O5S. The molecule has 1 aromatic heterocycles. The number of amides is 2. The number of anilines is 1. The summed E-state index contributed by atoms with van der Waals surface area (Å²) in [5.74, 6) is -0.420. The average Bonchev–Trinajstić information content (AvgIpc) is 3.08. The topological polar surface area (TPSA) is 137 Å². The van der Waals surface area contributed by atoms with Gasteiger partial charge in [0.2, 0.25) is 0 Å². The van der Waals surface area contributed by atoms with E-state index in [0.29, 0.717) is 23.9 Å². The zero-order valence-corrected chi connectivity index (χ0v) is 18.1. The van der Waals surface area contributed by atoms with E-state index in [2.05, 4.69) is 20.6 Å². The fraction of sp³-hybridized carbons (Fsp3) is 0.579. The van der Waals surface area contributed by atoms with Crippen molar-refractivity contribution < 1.29 is 23.8 Å². The first-order valence-electron chi connectivity index (χ1n) is 9.61. The van der Waals surface area contributed by atoms with E-state index in [1.807, 2.05) is 6.92 Å². The Morgan fingerprint density at radius 2 is 2.27 bits per heavy atom. The lowest BCUT2D eigenvalue weighted by Gasteiger charge is -2.15. The maximum atomic E-state index is 12.4. The molecule has 4 N–H and O–H groups in total. The summed E-state index contributed by atoms with van der Waals surface area (Å²) in [4.78, 5) is 33.4. The van der Waals surface area contributed by atoms with Crippen LogP contribution in [0, 0.1) is 0 Å². The van der Waals surface area contributed by atoms with E-state index in [9.17, 15) is 9.59 Å². The number of nitrogens with one attached hydrogen (secondary N) is 2. The standard InChI is InChI=1S/C19H27N5O5S/c1-19(4-5-19)24-18(26)29-12-7-14(28-10-12)15-8-22-17(30-15)23-16(25)13(21-2)6-11(20)9-27-3/h6,8,12,14H,4-5,7,9-10,20H2,1-3H3,(H,24,26)(H,22,23,25)/b11-6-,21-13?/t12?,14-/m0/s1. The van der Waals surface area contributed by atoms with E-state index in [0.717, 1.165) is 17.7 Å². The number of methoxy groups -OCH3 is 1. The lowest BCUT2D eigenvalue weighted by molar-refractivity contribution is -0.110. The van der Waals surface area contributed by atoms with Crippen molar-refractivity contribution in [3.05, 3.63) is 22.8 Å². The number of nitrogens with zero attached hydrogens (tertiary/aromatic N) is 2. The number of rotatable bonds is 8. The summed E-state index contributed by atoms with van der Waals surface area (Å²) in [7, 11) is 3.02. The molecule has 164 valence electrons. The molecule has 0 spiro atoms. The first kappa shape index (κ1) is 22.2. The summed E-state index contributed by atoms with van der Waals surface area (Å²) in [5, 5.41) is 5.99. The van der Waals surface area contributed by atoms with Crippen molar-refractivity contribution in [3.63, 3.8) is 0 Å². The van der Waals surface area contributed by atoms with Gasteiger partial charge >= 0.3 is 6.09 Å². The van der Waals surface area contributed by atoms with E-state index in [4.69, 9.17) is 19.9 Å². The number of thiazole rings is 1. The predicted octanol–water partition coefficient (Wildman–Crippen LogP) is 1.75. The van der Waals surface area contributed by atoms with Gasteiger partial charge in [0, 0.05) is 38.0 Å². The number of hydrogen-bond donors (Lipinski definition) is 3. The molecule has 1 aromatic rings. The number of nitrogens with two attached hydrogens (primary N) is 1. The van der Waals surface area contributed by atoms with Crippen LogP contribution in [0.3, 0.4) is 0 Å². The molecular weight excluding hydrogens is 410 g/mol. The van der Waals surface area contributed by atoms with Gasteiger partial charge in [0.1, 0.15) is 11.8 Å². The van der Waals surface area contributed by atoms with Gasteiger partial charge in [0.15, 0.2) is 5.13 Å². The van der Waals surface area contributed by atoms with Crippen molar-refractivity contribution in [1.29, 1.82) is 0 Å². The fourth-order valence-electron chi connectivity index (χ4n) is 2.89. The lowest BCUT2D eigenvalue weighted by Crippen LogP contribution is -2.37. The highest BCUT2D eigenvalue weighted by molar-refractivity contribution is 7.15. The number of carbonyl (C=O) groups is 2. The first-order valence-corrected chi connectivity index (χ1v) is 10.4. The van der Waals surface area contributed by atoms with Crippen LogP contribution in [0.2, 0.25) is 0 Å². The molecule has 0 bridgehead atoms. The smallest absolute Gasteiger partial charge is 0.407 e. The van der Waals surface area contributed by atoms with Crippen molar-refractivity contribution in [2.75, 3.05) is 32.7 Å². The molecule has 1 unspecified atom stereocenters. The molecule has 1 saturated heterocycles. The molecule has 2 fully saturated rings. The van der Waals surface area contributed by atoms with Gasteiger partial charge in [-0.25, -0.2) is 9.78 Å². The maximum absolute atomic E-state index is 12.4. The van der Waals surface area contributed by atoms with Gasteiger partial charge in [-0.15, -0.1) is 0 Å². The Morgan fingerprint density at radius 3 is 2.93 bits per heavy atom. The molecule has 1 aliphatic carbocycles. The molecule has 10 nitrogen and oxygen atoms in total. The Balaban J connectivity index is 1.51. The van der Waals surface area contributed by atoms with Crippen LogP contribution in [0.15, 0.2) is 23.0 Å². The van der Waals surface area contributed by atoms with Crippen LogP contribution in [-0.2, 0) is 19.0 Å². The maximum Gasteiger partial charge on any atom is 0.407 e. The van der Waals surface area contributed by atoms with Gasteiger partial charge in [-0.2, -0.15) is 0 Å². The summed E-state index contributed by atoms with van der Waals surface area (Å²) in [6.45, 7) is 2.52. The summed E-state index contributed by atoms with van der Waals surface area (Å²) in [5.41, 5.74) is 6.20. The van der Waals surface area contributed by atoms with Gasteiger partial charge in [-0.05, 0) is 25.8 Å². The summed E-state index contributed by atoms with van der Waals surface area (Å²) in [6.07, 6.45) is 4.63. The minimum absolute atomic E-state index is 0.120. The zero-order valence-electron chi connectivity index (χ0n) is 17.3. The molecule has 2 heterocycles. The quantitative estimate of drug-likeness (QED) is 0.527. The fourth-order valence-corrected chi connectivity index (χ4v) is 3.76. The Morgan fingerprint density at radius 1 is 1.50 bits per heavy atom. The molecule has 0 aromatic carbocycles. The van der Waals surface area contributed by atoms with Crippen LogP contribution < -0.4 is 16.4 Å². The van der Waals surface area contributed by atoms with E-state index in [-0.39, 0.29) is 30.1 Å². The monoisotopic (exact) mass is 437 g/mol. The average molecular weight is 438 g/mol. The van der Waals surface area contributed by atoms with Gasteiger partial charge in [-0.3, -0.25) is 15.1 Å². The third-order valence-corrected chi connectivity index (χ3v) is 5.81.